The van der Waals surface area contributed by atoms with Crippen molar-refractivity contribution in [2.75, 3.05) is 17.1 Å². The van der Waals surface area contributed by atoms with E-state index in [9.17, 15) is 13.2 Å². The molecule has 0 spiro atoms. The van der Waals surface area contributed by atoms with Gasteiger partial charge in [0.1, 0.15) is 6.54 Å². The summed E-state index contributed by atoms with van der Waals surface area (Å²) in [5, 5.41) is 4.58. The highest BCUT2D eigenvalue weighted by molar-refractivity contribution is 7.92. The van der Waals surface area contributed by atoms with E-state index in [4.69, 9.17) is 11.6 Å². The molecule has 1 N–H and O–H groups in total. The van der Waals surface area contributed by atoms with E-state index in [1.54, 1.807) is 25.1 Å². The van der Waals surface area contributed by atoms with Crippen LogP contribution in [0.5, 0.6) is 0 Å². The Kier molecular flexibility index (Phi) is 7.60. The Labute approximate surface area is 171 Å². The summed E-state index contributed by atoms with van der Waals surface area (Å²) in [6.07, 6.45) is 2.56. The number of nitrogens with one attached hydrogen (secondary N) is 1. The Morgan fingerprint density at radius 3 is 2.46 bits per heavy atom. The van der Waals surface area contributed by atoms with Gasteiger partial charge in [-0.1, -0.05) is 41.9 Å². The van der Waals surface area contributed by atoms with Crippen LogP contribution in [0.25, 0.3) is 0 Å². The summed E-state index contributed by atoms with van der Waals surface area (Å²) in [7, 11) is -3.65. The molecule has 0 aliphatic rings. The van der Waals surface area contributed by atoms with Crippen molar-refractivity contribution in [1.29, 1.82) is 0 Å². The molecule has 0 bridgehead atoms. The lowest BCUT2D eigenvalue weighted by molar-refractivity contribution is -0.119. The minimum absolute atomic E-state index is 0.364. The van der Waals surface area contributed by atoms with Crippen molar-refractivity contribution < 1.29 is 13.2 Å². The van der Waals surface area contributed by atoms with Crippen molar-refractivity contribution in [3.05, 3.63) is 64.7 Å². The summed E-state index contributed by atoms with van der Waals surface area (Å²) in [5.41, 5.74) is 5.45. The topological polar surface area (TPSA) is 78.8 Å². The maximum Gasteiger partial charge on any atom is 0.260 e. The van der Waals surface area contributed by atoms with E-state index in [0.717, 1.165) is 22.7 Å². The van der Waals surface area contributed by atoms with E-state index in [-0.39, 0.29) is 6.54 Å². The largest absolute Gasteiger partial charge is 0.271 e. The molecule has 0 atom stereocenters. The number of carbonyl (C=O) groups excluding carboxylic acids is 1. The molecule has 0 radical (unpaired) electrons. The maximum atomic E-state index is 12.3. The molecule has 28 heavy (non-hydrogen) atoms. The number of benzene rings is 2. The summed E-state index contributed by atoms with van der Waals surface area (Å²) < 4.78 is 25.4. The number of anilines is 1. The van der Waals surface area contributed by atoms with Crippen LogP contribution >= 0.6 is 11.6 Å². The maximum absolute atomic E-state index is 12.3. The molecule has 0 aliphatic carbocycles. The van der Waals surface area contributed by atoms with E-state index >= 15 is 0 Å². The number of nitrogens with zero attached hydrogens (tertiary/aromatic N) is 2. The van der Waals surface area contributed by atoms with Gasteiger partial charge in [0.05, 0.1) is 11.9 Å². The molecule has 0 aliphatic heterocycles. The highest BCUT2D eigenvalue weighted by Gasteiger charge is 2.22. The van der Waals surface area contributed by atoms with Crippen molar-refractivity contribution >= 4 is 38.9 Å². The third kappa shape index (κ3) is 6.65. The smallest absolute Gasteiger partial charge is 0.260 e. The molecule has 6 nitrogen and oxygen atoms in total. The third-order valence-electron chi connectivity index (χ3n) is 4.10. The van der Waals surface area contributed by atoms with E-state index in [1.165, 1.54) is 5.56 Å². The van der Waals surface area contributed by atoms with Crippen LogP contribution < -0.4 is 9.73 Å². The van der Waals surface area contributed by atoms with E-state index in [1.807, 2.05) is 37.3 Å². The molecule has 2 aromatic carbocycles. The Balaban J connectivity index is 2.01. The molecule has 0 saturated heterocycles. The van der Waals surface area contributed by atoms with Crippen molar-refractivity contribution in [2.45, 2.75) is 26.7 Å². The zero-order valence-electron chi connectivity index (χ0n) is 16.1. The average molecular weight is 422 g/mol. The first-order chi connectivity index (χ1) is 13.2. The average Bonchev–Trinajstić information content (AvgIpc) is 2.63. The van der Waals surface area contributed by atoms with Gasteiger partial charge in [-0.05, 0) is 56.0 Å². The van der Waals surface area contributed by atoms with Gasteiger partial charge in [-0.2, -0.15) is 5.10 Å². The number of hydrazone groups is 1. The van der Waals surface area contributed by atoms with Gasteiger partial charge in [-0.25, -0.2) is 13.8 Å². The Bertz CT molecular complexity index is 960. The molecule has 0 heterocycles. The predicted octanol–water partition coefficient (Wildman–Crippen LogP) is 3.54. The predicted molar refractivity (Wildman–Crippen MR) is 114 cm³/mol. The number of halogens is 1. The molecule has 0 fully saturated rings. The zero-order chi connectivity index (χ0) is 20.7. The van der Waals surface area contributed by atoms with Crippen LogP contribution in [-0.2, 0) is 21.2 Å². The standard InChI is InChI=1S/C20H24ClN3O3S/c1-15-13-18(21)11-12-19(15)24(28(3,26)27)14-20(25)23-22-16(2)9-10-17-7-5-4-6-8-17/h4-8,11-13H,9-10,14H2,1-3H3,(H,23,25)/b22-16-. The molecule has 150 valence electrons. The second-order valence-electron chi connectivity index (χ2n) is 6.57. The van der Waals surface area contributed by atoms with Crippen LogP contribution in [0.15, 0.2) is 53.6 Å². The van der Waals surface area contributed by atoms with Crippen LogP contribution in [0.3, 0.4) is 0 Å². The highest BCUT2D eigenvalue weighted by Crippen LogP contribution is 2.25. The van der Waals surface area contributed by atoms with Gasteiger partial charge in [-0.3, -0.25) is 9.10 Å². The molecular weight excluding hydrogens is 398 g/mol. The molecule has 1 amide bonds. The fourth-order valence-corrected chi connectivity index (χ4v) is 3.77. The normalized spacial score (nSPS) is 11.9. The van der Waals surface area contributed by atoms with E-state index < -0.39 is 15.9 Å². The van der Waals surface area contributed by atoms with Gasteiger partial charge in [0.15, 0.2) is 0 Å². The van der Waals surface area contributed by atoms with Gasteiger partial charge in [0, 0.05) is 10.7 Å². The molecule has 2 rings (SSSR count). The van der Waals surface area contributed by atoms with Crippen molar-refractivity contribution in [3.8, 4) is 0 Å². The number of carbonyl (C=O) groups is 1. The number of hydrogen-bond acceptors (Lipinski definition) is 4. The van der Waals surface area contributed by atoms with E-state index in [2.05, 4.69) is 10.5 Å². The van der Waals surface area contributed by atoms with E-state index in [0.29, 0.717) is 22.7 Å². The number of aryl methyl sites for hydroxylation is 2. The molecule has 0 saturated carbocycles. The Morgan fingerprint density at radius 2 is 1.86 bits per heavy atom. The summed E-state index contributed by atoms with van der Waals surface area (Å²) in [4.78, 5) is 12.3. The second kappa shape index (κ2) is 9.71. The minimum atomic E-state index is -3.65. The second-order valence-corrected chi connectivity index (χ2v) is 8.91. The van der Waals surface area contributed by atoms with Crippen molar-refractivity contribution in [2.24, 2.45) is 5.10 Å². The van der Waals surface area contributed by atoms with Crippen LogP contribution in [0, 0.1) is 6.92 Å². The number of rotatable bonds is 8. The lowest BCUT2D eigenvalue weighted by Gasteiger charge is -2.23. The first kappa shape index (κ1) is 21.9. The Hall–Kier alpha value is -2.38. The molecule has 0 unspecified atom stereocenters. The number of sulfonamides is 1. The Morgan fingerprint density at radius 1 is 1.18 bits per heavy atom. The van der Waals surface area contributed by atoms with Crippen LogP contribution in [0.4, 0.5) is 5.69 Å². The lowest BCUT2D eigenvalue weighted by Crippen LogP contribution is -2.39. The molecule has 2 aromatic rings. The summed E-state index contributed by atoms with van der Waals surface area (Å²) in [6.45, 7) is 3.20. The third-order valence-corrected chi connectivity index (χ3v) is 5.47. The summed E-state index contributed by atoms with van der Waals surface area (Å²) in [6, 6.07) is 14.8. The van der Waals surface area contributed by atoms with Crippen LogP contribution in [0.1, 0.15) is 24.5 Å². The fraction of sp³-hybridized carbons (Fsp3) is 0.300. The van der Waals surface area contributed by atoms with Gasteiger partial charge >= 0.3 is 0 Å². The van der Waals surface area contributed by atoms with Crippen LogP contribution in [0.2, 0.25) is 5.02 Å². The fourth-order valence-electron chi connectivity index (χ4n) is 2.63. The van der Waals surface area contributed by atoms with Gasteiger partial charge < -0.3 is 0 Å². The monoisotopic (exact) mass is 421 g/mol. The molecular formula is C20H24ClN3O3S. The minimum Gasteiger partial charge on any atom is -0.271 e. The molecule has 0 aromatic heterocycles. The highest BCUT2D eigenvalue weighted by atomic mass is 35.5. The van der Waals surface area contributed by atoms with Crippen molar-refractivity contribution in [1.82, 2.24) is 5.43 Å². The quantitative estimate of drug-likeness (QED) is 0.523. The van der Waals surface area contributed by atoms with Gasteiger partial charge in [-0.15, -0.1) is 0 Å². The van der Waals surface area contributed by atoms with Crippen molar-refractivity contribution in [3.63, 3.8) is 0 Å². The number of hydrogen-bond donors (Lipinski definition) is 1. The lowest BCUT2D eigenvalue weighted by atomic mass is 10.1. The summed E-state index contributed by atoms with van der Waals surface area (Å²) >= 11 is 5.94. The number of amides is 1. The van der Waals surface area contributed by atoms with Gasteiger partial charge in [0.25, 0.3) is 5.91 Å². The summed E-state index contributed by atoms with van der Waals surface area (Å²) in [5.74, 6) is -0.515. The SMILES string of the molecule is C/C(CCc1ccccc1)=N/NC(=O)CN(c1ccc(Cl)cc1C)S(C)(=O)=O. The zero-order valence-corrected chi connectivity index (χ0v) is 17.7. The first-order valence-corrected chi connectivity index (χ1v) is 11.0. The van der Waals surface area contributed by atoms with Crippen LogP contribution in [-0.4, -0.2) is 32.8 Å². The first-order valence-electron chi connectivity index (χ1n) is 8.76. The van der Waals surface area contributed by atoms with Gasteiger partial charge in [0.2, 0.25) is 10.0 Å². The molecule has 8 heteroatoms.